The van der Waals surface area contributed by atoms with Gasteiger partial charge in [0.05, 0.1) is 22.9 Å². The third kappa shape index (κ3) is 4.79. The van der Waals surface area contributed by atoms with Crippen LogP contribution in [0.5, 0.6) is 0 Å². The van der Waals surface area contributed by atoms with Gasteiger partial charge in [0.1, 0.15) is 0 Å². The van der Waals surface area contributed by atoms with Crippen molar-refractivity contribution in [3.8, 4) is 5.69 Å². The van der Waals surface area contributed by atoms with Gasteiger partial charge in [0.2, 0.25) is 11.1 Å². The fourth-order valence-corrected chi connectivity index (χ4v) is 4.79. The number of aromatic nitrogens is 4. The first-order chi connectivity index (χ1) is 12.4. The normalized spacial score (nSPS) is 18.4. The van der Waals surface area contributed by atoms with Crippen LogP contribution in [0.15, 0.2) is 35.5 Å². The molecule has 10 nitrogen and oxygen atoms in total. The van der Waals surface area contributed by atoms with E-state index < -0.39 is 27.8 Å². The van der Waals surface area contributed by atoms with Crippen LogP contribution in [-0.4, -0.2) is 63.9 Å². The number of nitrogens with zero attached hydrogens (tertiary/aromatic N) is 4. The van der Waals surface area contributed by atoms with Crippen molar-refractivity contribution >= 4 is 33.5 Å². The Kier molecular flexibility index (Phi) is 5.52. The second kappa shape index (κ2) is 7.83. The number of carbonyl (C=O) groups is 2. The zero-order valence-electron chi connectivity index (χ0n) is 13.5. The maximum atomic E-state index is 11.9. The minimum Gasteiger partial charge on any atom is -0.334 e. The first kappa shape index (κ1) is 18.3. The van der Waals surface area contributed by atoms with Crippen molar-refractivity contribution < 1.29 is 18.0 Å². The molecule has 12 heteroatoms. The van der Waals surface area contributed by atoms with Gasteiger partial charge in [-0.2, -0.15) is 4.68 Å². The molecule has 2 heterocycles. The molecule has 2 N–H and O–H groups in total. The number of sulfone groups is 1. The molecule has 0 radical (unpaired) electrons. The van der Waals surface area contributed by atoms with Crippen LogP contribution in [0.25, 0.3) is 5.69 Å². The summed E-state index contributed by atoms with van der Waals surface area (Å²) in [4.78, 5) is 23.7. The molecule has 1 aromatic carbocycles. The molecule has 2 aromatic rings. The lowest BCUT2D eigenvalue weighted by Crippen LogP contribution is -2.45. The number of thioether (sulfide) groups is 1. The van der Waals surface area contributed by atoms with Crippen LogP contribution < -0.4 is 10.6 Å². The lowest BCUT2D eigenvalue weighted by atomic mass is 10.3. The third-order valence-corrected chi connectivity index (χ3v) is 6.28. The van der Waals surface area contributed by atoms with Crippen LogP contribution in [0.2, 0.25) is 0 Å². The second-order valence-corrected chi connectivity index (χ2v) is 8.79. The van der Waals surface area contributed by atoms with E-state index in [4.69, 9.17) is 0 Å². The van der Waals surface area contributed by atoms with Gasteiger partial charge in [0.25, 0.3) is 0 Å². The number of urea groups is 1. The molecule has 26 heavy (non-hydrogen) atoms. The molecule has 3 rings (SSSR count). The summed E-state index contributed by atoms with van der Waals surface area (Å²) in [5.41, 5.74) is 0.751. The standard InChI is InChI=1S/C14H16N6O4S2/c21-12(16-13(22)15-10-6-7-26(23,24)9-10)8-25-14-17-18-19-20(14)11-4-2-1-3-5-11/h1-5,10H,6-9H2,(H2,15,16,21,22)/t10-/m0/s1. The van der Waals surface area contributed by atoms with Gasteiger partial charge in [0, 0.05) is 6.04 Å². The molecule has 1 aromatic heterocycles. The number of carbonyl (C=O) groups excluding carboxylic acids is 2. The largest absolute Gasteiger partial charge is 0.334 e. The quantitative estimate of drug-likeness (QED) is 0.661. The fraction of sp³-hybridized carbons (Fsp3) is 0.357. The third-order valence-electron chi connectivity index (χ3n) is 3.59. The van der Waals surface area contributed by atoms with Crippen molar-refractivity contribution in [1.29, 1.82) is 0 Å². The molecule has 1 fully saturated rings. The summed E-state index contributed by atoms with van der Waals surface area (Å²) in [6, 6.07) is 8.01. The van der Waals surface area contributed by atoms with E-state index in [1.54, 1.807) is 0 Å². The minimum atomic E-state index is -3.10. The molecule has 1 saturated heterocycles. The van der Waals surface area contributed by atoms with E-state index in [9.17, 15) is 18.0 Å². The van der Waals surface area contributed by atoms with Gasteiger partial charge >= 0.3 is 6.03 Å². The van der Waals surface area contributed by atoms with Crippen LogP contribution in [0, 0.1) is 0 Å². The van der Waals surface area contributed by atoms with E-state index >= 15 is 0 Å². The SMILES string of the molecule is O=C(CSc1nnnn1-c1ccccc1)NC(=O)N[C@H]1CCS(=O)(=O)C1. The van der Waals surface area contributed by atoms with Gasteiger partial charge in [-0.25, -0.2) is 13.2 Å². The number of benzene rings is 1. The maximum absolute atomic E-state index is 11.9. The van der Waals surface area contributed by atoms with Crippen LogP contribution >= 0.6 is 11.8 Å². The lowest BCUT2D eigenvalue weighted by Gasteiger charge is -2.11. The summed E-state index contributed by atoms with van der Waals surface area (Å²) in [5.74, 6) is -0.654. The fourth-order valence-electron chi connectivity index (χ4n) is 2.42. The number of tetrazole rings is 1. The second-order valence-electron chi connectivity index (χ2n) is 5.62. The van der Waals surface area contributed by atoms with Crippen LogP contribution in [0.4, 0.5) is 4.79 Å². The summed E-state index contributed by atoms with van der Waals surface area (Å²) >= 11 is 1.08. The number of hydrogen-bond acceptors (Lipinski definition) is 8. The zero-order valence-corrected chi connectivity index (χ0v) is 15.2. The minimum absolute atomic E-state index is 0.0455. The summed E-state index contributed by atoms with van der Waals surface area (Å²) in [7, 11) is -3.10. The summed E-state index contributed by atoms with van der Waals surface area (Å²) in [6.07, 6.45) is 0.352. The Morgan fingerprint density at radius 1 is 1.27 bits per heavy atom. The van der Waals surface area contributed by atoms with Crippen molar-refractivity contribution in [3.05, 3.63) is 30.3 Å². The molecule has 138 valence electrons. The Bertz CT molecular complexity index is 899. The Balaban J connectivity index is 1.49. The van der Waals surface area contributed by atoms with E-state index in [0.717, 1.165) is 17.4 Å². The molecule has 0 saturated carbocycles. The lowest BCUT2D eigenvalue weighted by molar-refractivity contribution is -0.117. The Morgan fingerprint density at radius 2 is 2.04 bits per heavy atom. The van der Waals surface area contributed by atoms with Crippen LogP contribution in [-0.2, 0) is 14.6 Å². The van der Waals surface area contributed by atoms with Gasteiger partial charge in [-0.1, -0.05) is 30.0 Å². The molecule has 1 aliphatic heterocycles. The van der Waals surface area contributed by atoms with Gasteiger partial charge < -0.3 is 5.32 Å². The van der Waals surface area contributed by atoms with Crippen molar-refractivity contribution in [1.82, 2.24) is 30.8 Å². The van der Waals surface area contributed by atoms with E-state index in [1.807, 2.05) is 30.3 Å². The molecule has 1 aliphatic rings. The highest BCUT2D eigenvalue weighted by atomic mass is 32.2. The van der Waals surface area contributed by atoms with Crippen molar-refractivity contribution in [2.24, 2.45) is 0 Å². The van der Waals surface area contributed by atoms with Gasteiger partial charge in [0.15, 0.2) is 9.84 Å². The highest BCUT2D eigenvalue weighted by Gasteiger charge is 2.29. The first-order valence-electron chi connectivity index (χ1n) is 7.70. The van der Waals surface area contributed by atoms with Crippen LogP contribution in [0.3, 0.4) is 0 Å². The van der Waals surface area contributed by atoms with Gasteiger partial charge in [-0.15, -0.1) is 5.10 Å². The van der Waals surface area contributed by atoms with E-state index in [-0.39, 0.29) is 17.3 Å². The number of amides is 3. The first-order valence-corrected chi connectivity index (χ1v) is 10.5. The predicted molar refractivity (Wildman–Crippen MR) is 93.6 cm³/mol. The van der Waals surface area contributed by atoms with Crippen molar-refractivity contribution in [3.63, 3.8) is 0 Å². The number of hydrogen-bond donors (Lipinski definition) is 2. The zero-order chi connectivity index (χ0) is 18.6. The molecular weight excluding hydrogens is 380 g/mol. The Hall–Kier alpha value is -2.47. The van der Waals surface area contributed by atoms with Gasteiger partial charge in [-0.3, -0.25) is 10.1 Å². The summed E-state index contributed by atoms with van der Waals surface area (Å²) in [6.45, 7) is 0. The number of rotatable bonds is 5. The summed E-state index contributed by atoms with van der Waals surface area (Å²) in [5, 5.41) is 16.4. The average Bonchev–Trinajstić information content (AvgIpc) is 3.19. The van der Waals surface area contributed by atoms with E-state index in [1.165, 1.54) is 4.68 Å². The maximum Gasteiger partial charge on any atom is 0.321 e. The molecule has 0 aliphatic carbocycles. The van der Waals surface area contributed by atoms with E-state index in [0.29, 0.717) is 11.6 Å². The number of para-hydroxylation sites is 1. The highest BCUT2D eigenvalue weighted by molar-refractivity contribution is 7.99. The monoisotopic (exact) mass is 396 g/mol. The molecule has 0 bridgehead atoms. The molecule has 0 unspecified atom stereocenters. The predicted octanol–water partition coefficient (Wildman–Crippen LogP) is -0.233. The van der Waals surface area contributed by atoms with Crippen molar-refractivity contribution in [2.45, 2.75) is 17.6 Å². The van der Waals surface area contributed by atoms with Crippen LogP contribution in [0.1, 0.15) is 6.42 Å². The Labute approximate surface area is 153 Å². The molecular formula is C14H16N6O4S2. The number of imide groups is 1. The smallest absolute Gasteiger partial charge is 0.321 e. The number of nitrogens with one attached hydrogen (secondary N) is 2. The average molecular weight is 396 g/mol. The molecule has 3 amide bonds. The molecule has 1 atom stereocenters. The highest BCUT2D eigenvalue weighted by Crippen LogP contribution is 2.17. The van der Waals surface area contributed by atoms with E-state index in [2.05, 4.69) is 26.2 Å². The summed E-state index contributed by atoms with van der Waals surface area (Å²) < 4.78 is 24.2. The van der Waals surface area contributed by atoms with Gasteiger partial charge in [-0.05, 0) is 29.0 Å². The topological polar surface area (TPSA) is 136 Å². The Morgan fingerprint density at radius 3 is 2.73 bits per heavy atom. The molecule has 0 spiro atoms. The van der Waals surface area contributed by atoms with Crippen molar-refractivity contribution in [2.75, 3.05) is 17.3 Å².